The van der Waals surface area contributed by atoms with E-state index < -0.39 is 0 Å². The lowest BCUT2D eigenvalue weighted by molar-refractivity contribution is -0.125. The number of hydrogen-bond donors (Lipinski definition) is 2. The Morgan fingerprint density at radius 1 is 1.37 bits per heavy atom. The second kappa shape index (κ2) is 8.33. The number of hydrogen-bond acceptors (Lipinski definition) is 2. The highest BCUT2D eigenvalue weighted by Crippen LogP contribution is 2.20. The number of nitrogens with one attached hydrogen (secondary N) is 1. The van der Waals surface area contributed by atoms with Crippen LogP contribution < -0.4 is 11.1 Å². The Kier molecular flexibility index (Phi) is 7.10. The Labute approximate surface area is 124 Å². The standard InChI is InChI=1S/C15H23BrN2O/c1-3-14(12-6-8-13(16)9-7-12)18-15(19)11(2)5-4-10-17/h6-9,11,14H,3-5,10,17H2,1-2H3,(H,18,19). The lowest BCUT2D eigenvalue weighted by Crippen LogP contribution is -2.32. The van der Waals surface area contributed by atoms with Crippen LogP contribution >= 0.6 is 15.9 Å². The molecule has 2 atom stereocenters. The molecule has 0 saturated heterocycles. The number of rotatable bonds is 7. The highest BCUT2D eigenvalue weighted by atomic mass is 79.9. The van der Waals surface area contributed by atoms with Gasteiger partial charge in [-0.15, -0.1) is 0 Å². The molecule has 0 radical (unpaired) electrons. The molecule has 1 aromatic carbocycles. The largest absolute Gasteiger partial charge is 0.349 e. The normalized spacial score (nSPS) is 13.9. The van der Waals surface area contributed by atoms with Crippen molar-refractivity contribution in [3.63, 3.8) is 0 Å². The third kappa shape index (κ3) is 5.33. The van der Waals surface area contributed by atoms with Crippen LogP contribution in [0.4, 0.5) is 0 Å². The summed E-state index contributed by atoms with van der Waals surface area (Å²) in [6, 6.07) is 8.18. The molecular weight excluding hydrogens is 304 g/mol. The maximum atomic E-state index is 12.1. The predicted molar refractivity (Wildman–Crippen MR) is 82.8 cm³/mol. The summed E-state index contributed by atoms with van der Waals surface area (Å²) < 4.78 is 1.05. The van der Waals surface area contributed by atoms with Crippen molar-refractivity contribution in [1.82, 2.24) is 5.32 Å². The minimum Gasteiger partial charge on any atom is -0.349 e. The molecule has 0 aliphatic carbocycles. The highest BCUT2D eigenvalue weighted by Gasteiger charge is 2.17. The van der Waals surface area contributed by atoms with Gasteiger partial charge in [-0.05, 0) is 43.5 Å². The van der Waals surface area contributed by atoms with Gasteiger partial charge in [0.15, 0.2) is 0 Å². The van der Waals surface area contributed by atoms with Gasteiger partial charge in [0.1, 0.15) is 0 Å². The fourth-order valence-electron chi connectivity index (χ4n) is 1.99. The van der Waals surface area contributed by atoms with E-state index in [-0.39, 0.29) is 17.9 Å². The minimum absolute atomic E-state index is 0.0213. The van der Waals surface area contributed by atoms with Crippen molar-refractivity contribution in [1.29, 1.82) is 0 Å². The maximum absolute atomic E-state index is 12.1. The van der Waals surface area contributed by atoms with Gasteiger partial charge >= 0.3 is 0 Å². The number of halogens is 1. The summed E-state index contributed by atoms with van der Waals surface area (Å²) in [6.07, 6.45) is 2.62. The van der Waals surface area contributed by atoms with Crippen LogP contribution in [0.25, 0.3) is 0 Å². The molecule has 19 heavy (non-hydrogen) atoms. The third-order valence-corrected chi connectivity index (χ3v) is 3.81. The quantitative estimate of drug-likeness (QED) is 0.806. The molecule has 0 bridgehead atoms. The molecule has 0 saturated carbocycles. The first kappa shape index (κ1) is 16.2. The molecule has 2 unspecified atom stereocenters. The van der Waals surface area contributed by atoms with Crippen molar-refractivity contribution in [2.45, 2.75) is 39.2 Å². The third-order valence-electron chi connectivity index (χ3n) is 3.29. The lowest BCUT2D eigenvalue weighted by Gasteiger charge is -2.20. The monoisotopic (exact) mass is 326 g/mol. The highest BCUT2D eigenvalue weighted by molar-refractivity contribution is 9.10. The SMILES string of the molecule is CCC(NC(=O)C(C)CCCN)c1ccc(Br)cc1. The lowest BCUT2D eigenvalue weighted by atomic mass is 10.0. The van der Waals surface area contributed by atoms with Crippen molar-refractivity contribution in [2.24, 2.45) is 11.7 Å². The molecule has 3 N–H and O–H groups in total. The molecule has 4 heteroatoms. The van der Waals surface area contributed by atoms with Crippen LogP contribution in [0.15, 0.2) is 28.7 Å². The molecular formula is C15H23BrN2O. The fraction of sp³-hybridized carbons (Fsp3) is 0.533. The van der Waals surface area contributed by atoms with Gasteiger partial charge in [0.2, 0.25) is 5.91 Å². The Morgan fingerprint density at radius 3 is 2.53 bits per heavy atom. The average molecular weight is 327 g/mol. The first-order chi connectivity index (χ1) is 9.08. The first-order valence-electron chi connectivity index (χ1n) is 6.84. The molecule has 1 rings (SSSR count). The molecule has 3 nitrogen and oxygen atoms in total. The number of benzene rings is 1. The van der Waals surface area contributed by atoms with E-state index in [9.17, 15) is 4.79 Å². The zero-order valence-electron chi connectivity index (χ0n) is 11.7. The van der Waals surface area contributed by atoms with E-state index in [0.717, 1.165) is 29.3 Å². The molecule has 0 heterocycles. The summed E-state index contributed by atoms with van der Waals surface area (Å²) in [5, 5.41) is 3.12. The van der Waals surface area contributed by atoms with E-state index in [0.29, 0.717) is 6.54 Å². The molecule has 0 aromatic heterocycles. The zero-order chi connectivity index (χ0) is 14.3. The van der Waals surface area contributed by atoms with Gasteiger partial charge in [0.05, 0.1) is 6.04 Å². The van der Waals surface area contributed by atoms with Crippen LogP contribution in [0, 0.1) is 5.92 Å². The Balaban J connectivity index is 2.61. The summed E-state index contributed by atoms with van der Waals surface area (Å²) in [5.74, 6) is 0.135. The molecule has 106 valence electrons. The summed E-state index contributed by atoms with van der Waals surface area (Å²) in [7, 11) is 0. The molecule has 1 amide bonds. The Hall–Kier alpha value is -0.870. The van der Waals surface area contributed by atoms with Crippen LogP contribution in [-0.4, -0.2) is 12.5 Å². The van der Waals surface area contributed by atoms with E-state index in [1.165, 1.54) is 0 Å². The summed E-state index contributed by atoms with van der Waals surface area (Å²) in [5.41, 5.74) is 6.62. The van der Waals surface area contributed by atoms with Crippen LogP contribution in [0.3, 0.4) is 0 Å². The predicted octanol–water partition coefficient (Wildman–Crippen LogP) is 3.39. The van der Waals surface area contributed by atoms with Gasteiger partial charge in [-0.2, -0.15) is 0 Å². The van der Waals surface area contributed by atoms with Crippen LogP contribution in [0.2, 0.25) is 0 Å². The minimum atomic E-state index is 0.0213. The Bertz CT molecular complexity index is 392. The van der Waals surface area contributed by atoms with Crippen molar-refractivity contribution < 1.29 is 4.79 Å². The van der Waals surface area contributed by atoms with E-state index in [2.05, 4.69) is 28.2 Å². The van der Waals surface area contributed by atoms with Crippen molar-refractivity contribution >= 4 is 21.8 Å². The second-order valence-corrected chi connectivity index (χ2v) is 5.77. The van der Waals surface area contributed by atoms with Crippen LogP contribution in [0.1, 0.15) is 44.7 Å². The van der Waals surface area contributed by atoms with Gasteiger partial charge in [-0.3, -0.25) is 4.79 Å². The number of nitrogens with two attached hydrogens (primary N) is 1. The van der Waals surface area contributed by atoms with Crippen LogP contribution in [0.5, 0.6) is 0 Å². The first-order valence-corrected chi connectivity index (χ1v) is 7.63. The van der Waals surface area contributed by atoms with E-state index in [1.807, 2.05) is 31.2 Å². The topological polar surface area (TPSA) is 55.1 Å². The van der Waals surface area contributed by atoms with Crippen molar-refractivity contribution in [2.75, 3.05) is 6.54 Å². The molecule has 0 aliphatic heterocycles. The smallest absolute Gasteiger partial charge is 0.223 e. The summed E-state index contributed by atoms with van der Waals surface area (Å²) in [4.78, 5) is 12.1. The van der Waals surface area contributed by atoms with Gasteiger partial charge < -0.3 is 11.1 Å². The zero-order valence-corrected chi connectivity index (χ0v) is 13.2. The van der Waals surface area contributed by atoms with Crippen molar-refractivity contribution in [3.05, 3.63) is 34.3 Å². The van der Waals surface area contributed by atoms with Gasteiger partial charge in [-0.1, -0.05) is 41.9 Å². The van der Waals surface area contributed by atoms with Crippen molar-refractivity contribution in [3.8, 4) is 0 Å². The van der Waals surface area contributed by atoms with E-state index >= 15 is 0 Å². The van der Waals surface area contributed by atoms with Gasteiger partial charge in [0.25, 0.3) is 0 Å². The number of amides is 1. The number of carbonyl (C=O) groups is 1. The molecule has 0 fully saturated rings. The van der Waals surface area contributed by atoms with Gasteiger partial charge in [-0.25, -0.2) is 0 Å². The number of carbonyl (C=O) groups excluding carboxylic acids is 1. The molecule has 0 spiro atoms. The average Bonchev–Trinajstić information content (AvgIpc) is 2.42. The summed E-state index contributed by atoms with van der Waals surface area (Å²) in [6.45, 7) is 4.68. The maximum Gasteiger partial charge on any atom is 0.223 e. The van der Waals surface area contributed by atoms with E-state index in [4.69, 9.17) is 5.73 Å². The Morgan fingerprint density at radius 2 is 2.00 bits per heavy atom. The van der Waals surface area contributed by atoms with E-state index in [1.54, 1.807) is 0 Å². The molecule has 0 aliphatic rings. The second-order valence-electron chi connectivity index (χ2n) is 4.85. The van der Waals surface area contributed by atoms with Crippen LogP contribution in [-0.2, 0) is 4.79 Å². The fourth-order valence-corrected chi connectivity index (χ4v) is 2.25. The summed E-state index contributed by atoms with van der Waals surface area (Å²) >= 11 is 3.42. The molecule has 1 aromatic rings. The van der Waals surface area contributed by atoms with Gasteiger partial charge in [0, 0.05) is 10.4 Å².